The lowest BCUT2D eigenvalue weighted by Crippen LogP contribution is -2.51. The first-order chi connectivity index (χ1) is 12.9. The molecule has 0 aliphatic carbocycles. The molecule has 3 amide bonds. The number of ketones is 1. The van der Waals surface area contributed by atoms with Crippen molar-refractivity contribution in [2.75, 3.05) is 5.32 Å². The van der Waals surface area contributed by atoms with Crippen LogP contribution in [0, 0.1) is 0 Å². The van der Waals surface area contributed by atoms with Gasteiger partial charge in [0, 0.05) is 23.9 Å². The van der Waals surface area contributed by atoms with Crippen LogP contribution in [0.1, 0.15) is 59.5 Å². The van der Waals surface area contributed by atoms with Crippen LogP contribution in [0.2, 0.25) is 0 Å². The number of anilines is 1. The average Bonchev–Trinajstić information content (AvgIpc) is 3.14. The molecule has 1 unspecified atom stereocenters. The van der Waals surface area contributed by atoms with E-state index >= 15 is 0 Å². The van der Waals surface area contributed by atoms with Crippen molar-refractivity contribution in [3.05, 3.63) is 53.3 Å². The Bertz CT molecular complexity index is 914. The predicted molar refractivity (Wildman–Crippen MR) is 99.5 cm³/mol. The Hall–Kier alpha value is -3.22. The monoisotopic (exact) mass is 367 g/mol. The van der Waals surface area contributed by atoms with Crippen molar-refractivity contribution in [2.24, 2.45) is 0 Å². The number of rotatable bonds is 5. The number of carbonyl (C=O) groups excluding carboxylic acids is 4. The van der Waals surface area contributed by atoms with Gasteiger partial charge in [0.1, 0.15) is 5.69 Å². The van der Waals surface area contributed by atoms with Crippen molar-refractivity contribution in [3.8, 4) is 0 Å². The number of piperidine rings is 1. The summed E-state index contributed by atoms with van der Waals surface area (Å²) in [5.41, 5.74) is 1.39. The standard InChI is InChI=1S/C20H21N3O4/c1-3-20(9-8-17(25)23-19(20)27)14-4-6-15(7-5-14)22-18(26)16-10-13(11-21-16)12(2)24/h4-7,10-11,21H,3,8-9H2,1-2H3,(H,22,26)(H,23,25,27). The summed E-state index contributed by atoms with van der Waals surface area (Å²) in [4.78, 5) is 50.3. The van der Waals surface area contributed by atoms with Crippen LogP contribution in [0.25, 0.3) is 0 Å². The van der Waals surface area contributed by atoms with E-state index in [2.05, 4.69) is 15.6 Å². The minimum atomic E-state index is -0.730. The first-order valence-electron chi connectivity index (χ1n) is 8.81. The van der Waals surface area contributed by atoms with E-state index in [-0.39, 0.29) is 23.5 Å². The fraction of sp³-hybridized carbons (Fsp3) is 0.300. The molecule has 2 aromatic rings. The lowest BCUT2D eigenvalue weighted by atomic mass is 9.72. The third kappa shape index (κ3) is 3.53. The molecule has 0 bridgehead atoms. The molecule has 1 aliphatic rings. The van der Waals surface area contributed by atoms with Gasteiger partial charge in [-0.3, -0.25) is 24.5 Å². The van der Waals surface area contributed by atoms with E-state index in [1.807, 2.05) is 6.92 Å². The fourth-order valence-electron chi connectivity index (χ4n) is 3.37. The van der Waals surface area contributed by atoms with Crippen molar-refractivity contribution in [2.45, 2.75) is 38.5 Å². The second-order valence-corrected chi connectivity index (χ2v) is 6.70. The molecule has 1 atom stereocenters. The molecule has 27 heavy (non-hydrogen) atoms. The zero-order valence-corrected chi connectivity index (χ0v) is 15.2. The summed E-state index contributed by atoms with van der Waals surface area (Å²) in [7, 11) is 0. The summed E-state index contributed by atoms with van der Waals surface area (Å²) in [5, 5.41) is 5.17. The van der Waals surface area contributed by atoms with Crippen LogP contribution in [0.15, 0.2) is 36.5 Å². The number of aromatic nitrogens is 1. The molecule has 3 rings (SSSR count). The van der Waals surface area contributed by atoms with Gasteiger partial charge in [0.05, 0.1) is 5.41 Å². The maximum absolute atomic E-state index is 12.4. The highest BCUT2D eigenvalue weighted by Gasteiger charge is 2.42. The van der Waals surface area contributed by atoms with Crippen molar-refractivity contribution in [1.29, 1.82) is 0 Å². The van der Waals surface area contributed by atoms with E-state index in [4.69, 9.17) is 0 Å². The summed E-state index contributed by atoms with van der Waals surface area (Å²) in [6.45, 7) is 3.35. The van der Waals surface area contributed by atoms with E-state index in [1.165, 1.54) is 19.2 Å². The molecular weight excluding hydrogens is 346 g/mol. The highest BCUT2D eigenvalue weighted by atomic mass is 16.2. The van der Waals surface area contributed by atoms with Gasteiger partial charge >= 0.3 is 0 Å². The van der Waals surface area contributed by atoms with Gasteiger partial charge in [0.25, 0.3) is 5.91 Å². The average molecular weight is 367 g/mol. The van der Waals surface area contributed by atoms with E-state index in [1.54, 1.807) is 24.3 Å². The van der Waals surface area contributed by atoms with Crippen LogP contribution in [-0.2, 0) is 15.0 Å². The summed E-state index contributed by atoms with van der Waals surface area (Å²) in [5.74, 6) is -1.00. The minimum Gasteiger partial charge on any atom is -0.356 e. The van der Waals surface area contributed by atoms with Crippen LogP contribution in [0.5, 0.6) is 0 Å². The molecule has 7 nitrogen and oxygen atoms in total. The molecule has 1 fully saturated rings. The SMILES string of the molecule is CCC1(c2ccc(NC(=O)c3cc(C(C)=O)c[nH]3)cc2)CCC(=O)NC1=O. The number of imide groups is 1. The first-order valence-corrected chi connectivity index (χ1v) is 8.81. The summed E-state index contributed by atoms with van der Waals surface area (Å²) >= 11 is 0. The lowest BCUT2D eigenvalue weighted by molar-refractivity contribution is -0.138. The molecule has 1 aromatic heterocycles. The van der Waals surface area contributed by atoms with Crippen LogP contribution < -0.4 is 10.6 Å². The first kappa shape index (κ1) is 18.6. The highest BCUT2D eigenvalue weighted by molar-refractivity contribution is 6.05. The topological polar surface area (TPSA) is 108 Å². The zero-order valence-electron chi connectivity index (χ0n) is 15.2. The number of benzene rings is 1. The molecular formula is C20H21N3O4. The largest absolute Gasteiger partial charge is 0.356 e. The Kier molecular flexibility index (Phi) is 4.94. The third-order valence-electron chi connectivity index (χ3n) is 5.10. The molecule has 0 spiro atoms. The number of hydrogen-bond donors (Lipinski definition) is 3. The number of carbonyl (C=O) groups is 4. The van der Waals surface area contributed by atoms with Gasteiger partial charge in [0.2, 0.25) is 11.8 Å². The Morgan fingerprint density at radius 3 is 2.44 bits per heavy atom. The lowest BCUT2D eigenvalue weighted by Gasteiger charge is -2.35. The van der Waals surface area contributed by atoms with Crippen molar-refractivity contribution < 1.29 is 19.2 Å². The number of hydrogen-bond acceptors (Lipinski definition) is 4. The van der Waals surface area contributed by atoms with Crippen LogP contribution in [-0.4, -0.2) is 28.5 Å². The van der Waals surface area contributed by atoms with Crippen molar-refractivity contribution in [1.82, 2.24) is 10.3 Å². The maximum Gasteiger partial charge on any atom is 0.272 e. The Morgan fingerprint density at radius 2 is 1.89 bits per heavy atom. The Morgan fingerprint density at radius 1 is 1.19 bits per heavy atom. The second-order valence-electron chi connectivity index (χ2n) is 6.70. The van der Waals surface area contributed by atoms with Gasteiger partial charge < -0.3 is 10.3 Å². The van der Waals surface area contributed by atoms with Gasteiger partial charge in [-0.25, -0.2) is 0 Å². The van der Waals surface area contributed by atoms with E-state index in [0.717, 1.165) is 5.56 Å². The quantitative estimate of drug-likeness (QED) is 0.557. The molecule has 7 heteroatoms. The molecule has 2 heterocycles. The number of aromatic amines is 1. The number of Topliss-reactive ketones (excluding diaryl/α,β-unsaturated/α-hetero) is 1. The van der Waals surface area contributed by atoms with Gasteiger partial charge in [-0.05, 0) is 43.5 Å². The number of amides is 3. The van der Waals surface area contributed by atoms with Gasteiger partial charge in [-0.1, -0.05) is 19.1 Å². The predicted octanol–water partition coefficient (Wildman–Crippen LogP) is 2.55. The van der Waals surface area contributed by atoms with Gasteiger partial charge in [-0.2, -0.15) is 0 Å². The Balaban J connectivity index is 1.76. The molecule has 140 valence electrons. The second kappa shape index (κ2) is 7.19. The molecule has 0 radical (unpaired) electrons. The van der Waals surface area contributed by atoms with Crippen LogP contribution in [0.3, 0.4) is 0 Å². The van der Waals surface area contributed by atoms with Gasteiger partial charge in [-0.15, -0.1) is 0 Å². The Labute approximate surface area is 156 Å². The van der Waals surface area contributed by atoms with Crippen LogP contribution >= 0.6 is 0 Å². The van der Waals surface area contributed by atoms with Gasteiger partial charge in [0.15, 0.2) is 5.78 Å². The molecule has 1 aromatic carbocycles. The van der Waals surface area contributed by atoms with Crippen molar-refractivity contribution >= 4 is 29.2 Å². The maximum atomic E-state index is 12.4. The molecule has 3 N–H and O–H groups in total. The molecule has 1 saturated heterocycles. The zero-order chi connectivity index (χ0) is 19.6. The molecule has 0 saturated carbocycles. The number of nitrogens with one attached hydrogen (secondary N) is 3. The summed E-state index contributed by atoms with van der Waals surface area (Å²) < 4.78 is 0. The van der Waals surface area contributed by atoms with Crippen molar-refractivity contribution in [3.63, 3.8) is 0 Å². The van der Waals surface area contributed by atoms with E-state index in [9.17, 15) is 19.2 Å². The fourth-order valence-corrected chi connectivity index (χ4v) is 3.37. The van der Waals surface area contributed by atoms with E-state index < -0.39 is 5.41 Å². The minimum absolute atomic E-state index is 0.122. The normalized spacial score (nSPS) is 19.5. The molecule has 1 aliphatic heterocycles. The smallest absolute Gasteiger partial charge is 0.272 e. The third-order valence-corrected chi connectivity index (χ3v) is 5.10. The van der Waals surface area contributed by atoms with Crippen LogP contribution in [0.4, 0.5) is 5.69 Å². The summed E-state index contributed by atoms with van der Waals surface area (Å²) in [6.07, 6.45) is 2.85. The van der Waals surface area contributed by atoms with E-state index in [0.29, 0.717) is 36.2 Å². The number of H-pyrrole nitrogens is 1. The summed E-state index contributed by atoms with van der Waals surface area (Å²) in [6, 6.07) is 8.54. The highest BCUT2D eigenvalue weighted by Crippen LogP contribution is 2.36.